The van der Waals surface area contributed by atoms with Crippen molar-refractivity contribution in [2.75, 3.05) is 6.26 Å². The van der Waals surface area contributed by atoms with Gasteiger partial charge in [0.25, 0.3) is 16.6 Å². The van der Waals surface area contributed by atoms with Gasteiger partial charge in [-0.3, -0.25) is 4.18 Å². The van der Waals surface area contributed by atoms with E-state index in [1.54, 1.807) is 60.7 Å². The van der Waals surface area contributed by atoms with Gasteiger partial charge in [-0.2, -0.15) is 8.42 Å². The molecule has 3 unspecified atom stereocenters. The Labute approximate surface area is 189 Å². The van der Waals surface area contributed by atoms with E-state index in [-0.39, 0.29) is 11.1 Å². The van der Waals surface area contributed by atoms with Crippen molar-refractivity contribution in [3.63, 3.8) is 0 Å². The molecule has 174 valence electrons. The van der Waals surface area contributed by atoms with E-state index in [0.717, 1.165) is 6.26 Å². The van der Waals surface area contributed by atoms with Gasteiger partial charge in [0.1, 0.15) is 24.4 Å². The normalized spacial score (nSPS) is 32.3. The molecule has 2 aromatic carbocycles. The largest absolute Gasteiger partial charge is 0.453 e. The molecule has 4 aliphatic rings. The van der Waals surface area contributed by atoms with E-state index in [1.807, 2.05) is 0 Å². The van der Waals surface area contributed by atoms with Crippen molar-refractivity contribution in [2.24, 2.45) is 0 Å². The fraction of sp³-hybridized carbons (Fsp3) is 0.364. The highest BCUT2D eigenvalue weighted by molar-refractivity contribution is 7.86. The van der Waals surface area contributed by atoms with Crippen LogP contribution < -0.4 is 0 Å². The Morgan fingerprint density at radius 3 is 1.48 bits per heavy atom. The van der Waals surface area contributed by atoms with Crippen molar-refractivity contribution in [1.29, 1.82) is 0 Å². The number of hydrogen-bond acceptors (Lipinski definition) is 10. The molecule has 0 spiro atoms. The maximum absolute atomic E-state index is 12.7. The van der Waals surface area contributed by atoms with E-state index < -0.39 is 65.2 Å². The number of carbonyl (C=O) groups excluding carboxylic acids is 2. The van der Waals surface area contributed by atoms with E-state index in [9.17, 15) is 18.0 Å². The van der Waals surface area contributed by atoms with E-state index in [2.05, 4.69) is 0 Å². The smallest absolute Gasteiger partial charge is 0.338 e. The van der Waals surface area contributed by atoms with E-state index in [1.165, 1.54) is 0 Å². The van der Waals surface area contributed by atoms with Gasteiger partial charge in [0.15, 0.2) is 12.2 Å². The number of carbonyl (C=O) groups is 2. The van der Waals surface area contributed by atoms with Crippen molar-refractivity contribution >= 4 is 22.1 Å². The van der Waals surface area contributed by atoms with Crippen molar-refractivity contribution in [2.45, 2.75) is 43.1 Å². The number of rotatable bonds is 6. The zero-order valence-electron chi connectivity index (χ0n) is 17.3. The van der Waals surface area contributed by atoms with Crippen LogP contribution in [0.25, 0.3) is 0 Å². The van der Waals surface area contributed by atoms with Crippen LogP contribution in [0.3, 0.4) is 0 Å². The molecule has 0 N–H and O–H groups in total. The molecule has 0 aromatic heterocycles. The Balaban J connectivity index is 1.46. The molecule has 4 fully saturated rings. The molecule has 7 atom stereocenters. The minimum absolute atomic E-state index is 0.279. The fourth-order valence-electron chi connectivity index (χ4n) is 4.18. The van der Waals surface area contributed by atoms with Gasteiger partial charge in [-0.15, -0.1) is 0 Å². The fourth-order valence-corrected chi connectivity index (χ4v) is 4.80. The van der Waals surface area contributed by atoms with E-state index in [0.29, 0.717) is 0 Å². The topological polar surface area (TPSA) is 124 Å². The Kier molecular flexibility index (Phi) is 5.67. The van der Waals surface area contributed by atoms with Gasteiger partial charge in [0.05, 0.1) is 17.4 Å². The third-order valence-corrected chi connectivity index (χ3v) is 6.11. The third-order valence-electron chi connectivity index (χ3n) is 5.54. The summed E-state index contributed by atoms with van der Waals surface area (Å²) < 4.78 is 57.4. The summed E-state index contributed by atoms with van der Waals surface area (Å²) in [5.74, 6) is -1.35. The van der Waals surface area contributed by atoms with Gasteiger partial charge < -0.3 is 23.7 Å². The lowest BCUT2D eigenvalue weighted by molar-refractivity contribution is -0.476. The highest BCUT2D eigenvalue weighted by atomic mass is 32.2. The van der Waals surface area contributed by atoms with Crippen LogP contribution in [0.5, 0.6) is 0 Å². The Morgan fingerprint density at radius 1 is 0.697 bits per heavy atom. The van der Waals surface area contributed by atoms with Gasteiger partial charge in [-0.1, -0.05) is 36.4 Å². The molecule has 3 heterocycles. The standard InChI is InChI=1S/C22H20O10S/c1-33(25,26)32-19-17-14(27-20(23)12-8-4-2-5-9-12)16-15(18(19)31-22(29-16)30-17)28-21(24)13-10-6-3-7-11-13/h2-11,14-19,22H,1H3/t14-,15-,16?,17-,18+,19?,22?/m1/s1. The molecule has 33 heavy (non-hydrogen) atoms. The molecule has 6 rings (SSSR count). The molecule has 1 aliphatic carbocycles. The summed E-state index contributed by atoms with van der Waals surface area (Å²) in [5.41, 5.74) is 0.557. The first-order chi connectivity index (χ1) is 15.8. The average Bonchev–Trinajstić information content (AvgIpc) is 2.80. The summed E-state index contributed by atoms with van der Waals surface area (Å²) in [6.45, 7) is -1.14. The quantitative estimate of drug-likeness (QED) is 0.445. The molecule has 0 amide bonds. The highest BCUT2D eigenvalue weighted by Gasteiger charge is 2.66. The SMILES string of the molecule is CS(=O)(=O)OC1[C@H]2OC3OC([C@H]2OC(=O)c2ccccc2)[C@@H](OC(=O)c2ccccc2)[C@H]1O3. The number of ether oxygens (including phenoxy) is 5. The summed E-state index contributed by atoms with van der Waals surface area (Å²) in [6, 6.07) is 16.5. The molecule has 0 radical (unpaired) electrons. The molecule has 10 nitrogen and oxygen atoms in total. The first kappa shape index (κ1) is 22.0. The van der Waals surface area contributed by atoms with Gasteiger partial charge in [-0.05, 0) is 24.3 Å². The highest BCUT2D eigenvalue weighted by Crippen LogP contribution is 2.44. The Morgan fingerprint density at radius 2 is 1.09 bits per heavy atom. The lowest BCUT2D eigenvalue weighted by atomic mass is 9.82. The van der Waals surface area contributed by atoms with Crippen molar-refractivity contribution in [3.05, 3.63) is 71.8 Å². The second kappa shape index (κ2) is 8.50. The lowest BCUT2D eigenvalue weighted by Gasteiger charge is -2.57. The first-order valence-electron chi connectivity index (χ1n) is 10.2. The van der Waals surface area contributed by atoms with E-state index >= 15 is 0 Å². The van der Waals surface area contributed by atoms with Crippen molar-refractivity contribution < 1.29 is 45.9 Å². The van der Waals surface area contributed by atoms with Gasteiger partial charge in [0.2, 0.25) is 0 Å². The van der Waals surface area contributed by atoms with Crippen molar-refractivity contribution in [1.82, 2.24) is 0 Å². The van der Waals surface area contributed by atoms with Gasteiger partial charge >= 0.3 is 11.9 Å². The van der Waals surface area contributed by atoms with Crippen LogP contribution in [-0.4, -0.2) is 69.7 Å². The van der Waals surface area contributed by atoms with Crippen LogP contribution in [-0.2, 0) is 38.0 Å². The maximum Gasteiger partial charge on any atom is 0.338 e. The molecular weight excluding hydrogens is 456 g/mol. The predicted molar refractivity (Wildman–Crippen MR) is 109 cm³/mol. The zero-order valence-corrected chi connectivity index (χ0v) is 18.1. The summed E-state index contributed by atoms with van der Waals surface area (Å²) in [5, 5.41) is 0. The van der Waals surface area contributed by atoms with Crippen molar-refractivity contribution in [3.8, 4) is 0 Å². The molecule has 3 saturated heterocycles. The summed E-state index contributed by atoms with van der Waals surface area (Å²) >= 11 is 0. The van der Waals surface area contributed by atoms with Crippen LogP contribution >= 0.6 is 0 Å². The lowest BCUT2D eigenvalue weighted by Crippen LogP contribution is -2.76. The molecular formula is C22H20O10S. The Hall–Kier alpha value is -2.83. The zero-order chi connectivity index (χ0) is 23.2. The number of hydrogen-bond donors (Lipinski definition) is 0. The minimum Gasteiger partial charge on any atom is -0.453 e. The Bertz CT molecular complexity index is 1060. The maximum atomic E-state index is 12.7. The second-order valence-corrected chi connectivity index (χ2v) is 9.43. The van der Waals surface area contributed by atoms with Crippen LogP contribution in [0.15, 0.2) is 60.7 Å². The predicted octanol–water partition coefficient (Wildman–Crippen LogP) is 1.26. The molecule has 1 saturated carbocycles. The average molecular weight is 476 g/mol. The second-order valence-electron chi connectivity index (χ2n) is 7.83. The van der Waals surface area contributed by atoms with E-state index in [4.69, 9.17) is 27.9 Å². The molecule has 4 bridgehead atoms. The monoisotopic (exact) mass is 476 g/mol. The minimum atomic E-state index is -3.96. The summed E-state index contributed by atoms with van der Waals surface area (Å²) in [7, 11) is -3.96. The van der Waals surface area contributed by atoms with Crippen LogP contribution in [0.4, 0.5) is 0 Å². The summed E-state index contributed by atoms with van der Waals surface area (Å²) in [6.07, 6.45) is -5.55. The van der Waals surface area contributed by atoms with Crippen LogP contribution in [0.2, 0.25) is 0 Å². The van der Waals surface area contributed by atoms with Crippen LogP contribution in [0.1, 0.15) is 20.7 Å². The summed E-state index contributed by atoms with van der Waals surface area (Å²) in [4.78, 5) is 25.5. The molecule has 2 aromatic rings. The van der Waals surface area contributed by atoms with Crippen LogP contribution in [0, 0.1) is 0 Å². The molecule has 11 heteroatoms. The third kappa shape index (κ3) is 4.37. The first-order valence-corrected chi connectivity index (χ1v) is 12.0. The van der Waals surface area contributed by atoms with Gasteiger partial charge in [-0.25, -0.2) is 9.59 Å². The molecule has 3 aliphatic heterocycles. The van der Waals surface area contributed by atoms with Gasteiger partial charge in [0, 0.05) is 0 Å². The number of benzene rings is 2. The number of esters is 2.